The molecule has 0 aliphatic rings. The van der Waals surface area contributed by atoms with E-state index in [0.29, 0.717) is 10.8 Å². The number of methoxy groups -OCH3 is 1. The fourth-order valence-electron chi connectivity index (χ4n) is 1.69. The van der Waals surface area contributed by atoms with Crippen molar-refractivity contribution in [2.75, 3.05) is 7.11 Å². The van der Waals surface area contributed by atoms with E-state index in [4.69, 9.17) is 4.74 Å². The van der Waals surface area contributed by atoms with E-state index in [-0.39, 0.29) is 23.7 Å². The molecule has 2 heterocycles. The summed E-state index contributed by atoms with van der Waals surface area (Å²) < 4.78 is 6.50. The van der Waals surface area contributed by atoms with Crippen molar-refractivity contribution in [2.45, 2.75) is 13.3 Å². The zero-order chi connectivity index (χ0) is 14.0. The molecule has 0 atom stereocenters. The monoisotopic (exact) mass is 278 g/mol. The quantitative estimate of drug-likeness (QED) is 0.621. The number of Topliss-reactive ketones (excluding diaryl/α,β-unsaturated/α-hetero) is 2. The predicted molar refractivity (Wildman–Crippen MR) is 72.1 cm³/mol. The van der Waals surface area contributed by atoms with Gasteiger partial charge in [0.15, 0.2) is 11.6 Å². The standard InChI is InChI=1S/C13H14N2O3S/c1-8-4-5-12(19-8)11(17)7-10(16)9-6-13(18-3)15(2)14-9/h4-6H,7H2,1-3H3. The molecule has 0 saturated carbocycles. The first-order valence-corrected chi connectivity index (χ1v) is 6.53. The van der Waals surface area contributed by atoms with E-state index < -0.39 is 0 Å². The van der Waals surface area contributed by atoms with Gasteiger partial charge in [0.1, 0.15) is 5.69 Å². The zero-order valence-electron chi connectivity index (χ0n) is 11.0. The van der Waals surface area contributed by atoms with Gasteiger partial charge in [0, 0.05) is 18.0 Å². The Morgan fingerprint density at radius 3 is 2.63 bits per heavy atom. The molecule has 0 unspecified atom stereocenters. The number of rotatable bonds is 5. The lowest BCUT2D eigenvalue weighted by Gasteiger charge is -1.95. The van der Waals surface area contributed by atoms with Crippen LogP contribution in [0.15, 0.2) is 18.2 Å². The molecule has 2 rings (SSSR count). The van der Waals surface area contributed by atoms with Crippen LogP contribution in [0.3, 0.4) is 0 Å². The number of carbonyl (C=O) groups is 2. The van der Waals surface area contributed by atoms with Crippen LogP contribution in [0.4, 0.5) is 0 Å². The molecule has 0 aliphatic heterocycles. The summed E-state index contributed by atoms with van der Waals surface area (Å²) >= 11 is 1.39. The SMILES string of the molecule is COc1cc(C(=O)CC(=O)c2ccc(C)s2)nn1C. The molecule has 0 amide bonds. The van der Waals surface area contributed by atoms with Crippen LogP contribution >= 0.6 is 11.3 Å². The van der Waals surface area contributed by atoms with E-state index in [1.807, 2.05) is 13.0 Å². The van der Waals surface area contributed by atoms with Gasteiger partial charge < -0.3 is 4.74 Å². The number of ether oxygens (including phenoxy) is 1. The normalized spacial score (nSPS) is 10.5. The highest BCUT2D eigenvalue weighted by molar-refractivity contribution is 7.14. The Hall–Kier alpha value is -1.95. The lowest BCUT2D eigenvalue weighted by molar-refractivity contribution is 0.0893. The van der Waals surface area contributed by atoms with E-state index in [0.717, 1.165) is 4.88 Å². The summed E-state index contributed by atoms with van der Waals surface area (Å²) in [6.45, 7) is 1.92. The van der Waals surface area contributed by atoms with Crippen molar-refractivity contribution in [3.05, 3.63) is 33.6 Å². The summed E-state index contributed by atoms with van der Waals surface area (Å²) in [7, 11) is 3.19. The van der Waals surface area contributed by atoms with Crippen LogP contribution < -0.4 is 4.74 Å². The second-order valence-corrected chi connectivity index (χ2v) is 5.42. The first-order valence-electron chi connectivity index (χ1n) is 5.72. The van der Waals surface area contributed by atoms with Crippen LogP contribution in [0.25, 0.3) is 0 Å². The molecule has 6 heteroatoms. The summed E-state index contributed by atoms with van der Waals surface area (Å²) in [4.78, 5) is 25.6. The van der Waals surface area contributed by atoms with E-state index in [9.17, 15) is 9.59 Å². The van der Waals surface area contributed by atoms with Crippen LogP contribution in [0.5, 0.6) is 5.88 Å². The average molecular weight is 278 g/mol. The Balaban J connectivity index is 2.10. The fraction of sp³-hybridized carbons (Fsp3) is 0.308. The Morgan fingerprint density at radius 2 is 2.11 bits per heavy atom. The molecule has 100 valence electrons. The number of nitrogens with zero attached hydrogens (tertiary/aromatic N) is 2. The smallest absolute Gasteiger partial charge is 0.211 e. The number of hydrogen-bond donors (Lipinski definition) is 0. The van der Waals surface area contributed by atoms with E-state index in [1.165, 1.54) is 29.2 Å². The van der Waals surface area contributed by atoms with Crippen molar-refractivity contribution >= 4 is 22.9 Å². The van der Waals surface area contributed by atoms with Crippen LogP contribution in [0.1, 0.15) is 31.5 Å². The van der Waals surface area contributed by atoms with Crippen LogP contribution in [-0.2, 0) is 7.05 Å². The topological polar surface area (TPSA) is 61.2 Å². The van der Waals surface area contributed by atoms with E-state index in [2.05, 4.69) is 5.10 Å². The van der Waals surface area contributed by atoms with Crippen molar-refractivity contribution < 1.29 is 14.3 Å². The third kappa shape index (κ3) is 2.90. The van der Waals surface area contributed by atoms with Gasteiger partial charge in [-0.15, -0.1) is 11.3 Å². The lowest BCUT2D eigenvalue weighted by Crippen LogP contribution is -2.08. The summed E-state index contributed by atoms with van der Waals surface area (Å²) in [6, 6.07) is 5.15. The van der Waals surface area contributed by atoms with Gasteiger partial charge in [-0.3, -0.25) is 9.59 Å². The van der Waals surface area contributed by atoms with Gasteiger partial charge in [-0.2, -0.15) is 5.10 Å². The van der Waals surface area contributed by atoms with E-state index in [1.54, 1.807) is 13.1 Å². The molecule has 0 bridgehead atoms. The second-order valence-electron chi connectivity index (χ2n) is 4.13. The molecule has 0 spiro atoms. The number of carbonyl (C=O) groups excluding carboxylic acids is 2. The molecule has 0 aromatic carbocycles. The molecule has 0 aliphatic carbocycles. The fourth-order valence-corrected chi connectivity index (χ4v) is 2.49. The van der Waals surface area contributed by atoms with Crippen molar-refractivity contribution in [3.63, 3.8) is 0 Å². The summed E-state index contributed by atoms with van der Waals surface area (Å²) in [5.74, 6) is 0.0189. The minimum Gasteiger partial charge on any atom is -0.481 e. The average Bonchev–Trinajstić information content (AvgIpc) is 2.95. The number of aryl methyl sites for hydroxylation is 2. The van der Waals surface area contributed by atoms with Gasteiger partial charge in [-0.25, -0.2) is 4.68 Å². The van der Waals surface area contributed by atoms with Crippen molar-refractivity contribution in [2.24, 2.45) is 7.05 Å². The minimum absolute atomic E-state index is 0.167. The molecule has 0 N–H and O–H groups in total. The predicted octanol–water partition coefficient (Wildman–Crippen LogP) is 2.25. The molecule has 5 nitrogen and oxygen atoms in total. The third-order valence-corrected chi connectivity index (χ3v) is 3.71. The first-order chi connectivity index (χ1) is 9.01. The second kappa shape index (κ2) is 5.36. The van der Waals surface area contributed by atoms with Crippen LogP contribution in [-0.4, -0.2) is 28.5 Å². The molecule has 0 saturated heterocycles. The molecular formula is C13H14N2O3S. The largest absolute Gasteiger partial charge is 0.481 e. The van der Waals surface area contributed by atoms with Gasteiger partial charge in [0.25, 0.3) is 0 Å². The zero-order valence-corrected chi connectivity index (χ0v) is 11.8. The van der Waals surface area contributed by atoms with Crippen LogP contribution in [0.2, 0.25) is 0 Å². The molecule has 0 fully saturated rings. The Labute approximate surface area is 114 Å². The summed E-state index contributed by atoms with van der Waals surface area (Å²) in [5, 5.41) is 4.03. The molecule has 19 heavy (non-hydrogen) atoms. The first kappa shape index (κ1) is 13.5. The van der Waals surface area contributed by atoms with Gasteiger partial charge >= 0.3 is 0 Å². The number of aromatic nitrogens is 2. The third-order valence-electron chi connectivity index (χ3n) is 2.67. The van der Waals surface area contributed by atoms with Crippen molar-refractivity contribution in [1.29, 1.82) is 0 Å². The molecular weight excluding hydrogens is 264 g/mol. The highest BCUT2D eigenvalue weighted by Crippen LogP contribution is 2.19. The van der Waals surface area contributed by atoms with Crippen molar-refractivity contribution in [1.82, 2.24) is 9.78 Å². The summed E-state index contributed by atoms with van der Waals surface area (Å²) in [5.41, 5.74) is 0.251. The number of ketones is 2. The Kier molecular flexibility index (Phi) is 3.80. The number of thiophene rings is 1. The Morgan fingerprint density at radius 1 is 1.37 bits per heavy atom. The van der Waals surface area contributed by atoms with Gasteiger partial charge in [-0.1, -0.05) is 0 Å². The lowest BCUT2D eigenvalue weighted by atomic mass is 10.1. The van der Waals surface area contributed by atoms with E-state index >= 15 is 0 Å². The maximum Gasteiger partial charge on any atom is 0.211 e. The van der Waals surface area contributed by atoms with Gasteiger partial charge in [-0.05, 0) is 19.1 Å². The van der Waals surface area contributed by atoms with Crippen molar-refractivity contribution in [3.8, 4) is 5.88 Å². The Bertz CT molecular complexity index is 628. The number of hydrogen-bond acceptors (Lipinski definition) is 5. The van der Waals surface area contributed by atoms with Crippen LogP contribution in [0, 0.1) is 6.92 Å². The molecule has 2 aromatic rings. The van der Waals surface area contributed by atoms with Gasteiger partial charge in [0.2, 0.25) is 5.88 Å². The van der Waals surface area contributed by atoms with Gasteiger partial charge in [0.05, 0.1) is 18.4 Å². The molecule has 0 radical (unpaired) electrons. The highest BCUT2D eigenvalue weighted by Gasteiger charge is 2.18. The molecule has 2 aromatic heterocycles. The summed E-state index contributed by atoms with van der Waals surface area (Å²) in [6.07, 6.45) is -0.167. The maximum atomic E-state index is 12.0. The maximum absolute atomic E-state index is 12.0. The highest BCUT2D eigenvalue weighted by atomic mass is 32.1. The minimum atomic E-state index is -0.296.